The topological polar surface area (TPSA) is 65.2 Å². The molecular weight excluding hydrogens is 316 g/mol. The van der Waals surface area contributed by atoms with E-state index in [2.05, 4.69) is 10.2 Å². The van der Waals surface area contributed by atoms with Crippen molar-refractivity contribution < 1.29 is 13.9 Å². The molecule has 1 aromatic heterocycles. The molecule has 2 aromatic carbocycles. The van der Waals surface area contributed by atoms with Crippen LogP contribution >= 0.6 is 0 Å². The first-order valence-electron chi connectivity index (χ1n) is 8.25. The third-order valence-corrected chi connectivity index (χ3v) is 3.86. The van der Waals surface area contributed by atoms with Crippen LogP contribution < -0.4 is 0 Å². The fourth-order valence-electron chi connectivity index (χ4n) is 2.41. The molecule has 0 bridgehead atoms. The Balaban J connectivity index is 1.57. The van der Waals surface area contributed by atoms with E-state index in [1.807, 2.05) is 61.5 Å². The van der Waals surface area contributed by atoms with E-state index in [4.69, 9.17) is 9.15 Å². The quantitative estimate of drug-likeness (QED) is 0.629. The van der Waals surface area contributed by atoms with Gasteiger partial charge >= 0.3 is 5.97 Å². The van der Waals surface area contributed by atoms with Crippen molar-refractivity contribution >= 4 is 5.97 Å². The standard InChI is InChI=1S/C20H20N2O3/c1-14-8-11-17(12-9-14)20-22-21-19(25-20)15(2)24-18(23)13-10-16-6-4-3-5-7-16/h3-9,11-12,15H,10,13H2,1-2H3/t15-/m0/s1. The van der Waals surface area contributed by atoms with Crippen LogP contribution in [-0.4, -0.2) is 16.2 Å². The second-order valence-corrected chi connectivity index (χ2v) is 5.93. The largest absolute Gasteiger partial charge is 0.453 e. The molecular formula is C20H20N2O3. The molecule has 5 nitrogen and oxygen atoms in total. The second kappa shape index (κ2) is 7.75. The van der Waals surface area contributed by atoms with Crippen LogP contribution in [0, 0.1) is 6.92 Å². The van der Waals surface area contributed by atoms with Gasteiger partial charge < -0.3 is 9.15 Å². The summed E-state index contributed by atoms with van der Waals surface area (Å²) in [6, 6.07) is 17.6. The molecule has 0 aliphatic heterocycles. The number of carbonyl (C=O) groups excluding carboxylic acids is 1. The predicted molar refractivity (Wildman–Crippen MR) is 93.7 cm³/mol. The van der Waals surface area contributed by atoms with Crippen molar-refractivity contribution in [1.82, 2.24) is 10.2 Å². The average molecular weight is 336 g/mol. The molecule has 0 unspecified atom stereocenters. The smallest absolute Gasteiger partial charge is 0.306 e. The summed E-state index contributed by atoms with van der Waals surface area (Å²) in [5.41, 5.74) is 3.10. The summed E-state index contributed by atoms with van der Waals surface area (Å²) in [6.45, 7) is 3.74. The number of hydrogen-bond acceptors (Lipinski definition) is 5. The van der Waals surface area contributed by atoms with Crippen molar-refractivity contribution in [2.45, 2.75) is 32.8 Å². The molecule has 0 amide bonds. The molecule has 0 aliphatic carbocycles. The number of esters is 1. The minimum Gasteiger partial charge on any atom is -0.453 e. The van der Waals surface area contributed by atoms with Crippen molar-refractivity contribution in [2.24, 2.45) is 0 Å². The van der Waals surface area contributed by atoms with Crippen LogP contribution in [0.25, 0.3) is 11.5 Å². The van der Waals surface area contributed by atoms with E-state index in [1.165, 1.54) is 0 Å². The van der Waals surface area contributed by atoms with Gasteiger partial charge in [-0.3, -0.25) is 4.79 Å². The van der Waals surface area contributed by atoms with Gasteiger partial charge in [0, 0.05) is 12.0 Å². The molecule has 5 heteroatoms. The van der Waals surface area contributed by atoms with Gasteiger partial charge in [0.1, 0.15) is 0 Å². The lowest BCUT2D eigenvalue weighted by Gasteiger charge is -2.09. The van der Waals surface area contributed by atoms with Crippen LogP contribution in [0.15, 0.2) is 59.0 Å². The molecule has 0 radical (unpaired) electrons. The second-order valence-electron chi connectivity index (χ2n) is 5.93. The zero-order chi connectivity index (χ0) is 17.6. The van der Waals surface area contributed by atoms with E-state index in [9.17, 15) is 4.79 Å². The number of hydrogen-bond donors (Lipinski definition) is 0. The maximum Gasteiger partial charge on any atom is 0.306 e. The molecule has 128 valence electrons. The fraction of sp³-hybridized carbons (Fsp3) is 0.250. The number of aromatic nitrogens is 2. The summed E-state index contributed by atoms with van der Waals surface area (Å²) in [5, 5.41) is 8.02. The lowest BCUT2D eigenvalue weighted by Crippen LogP contribution is -2.10. The molecule has 0 fully saturated rings. The molecule has 1 atom stereocenters. The molecule has 1 heterocycles. The lowest BCUT2D eigenvalue weighted by atomic mass is 10.1. The minimum absolute atomic E-state index is 0.286. The number of carbonyl (C=O) groups is 1. The van der Waals surface area contributed by atoms with E-state index < -0.39 is 6.10 Å². The average Bonchev–Trinajstić information content (AvgIpc) is 3.12. The first-order chi connectivity index (χ1) is 12.1. The highest BCUT2D eigenvalue weighted by Gasteiger charge is 2.19. The summed E-state index contributed by atoms with van der Waals surface area (Å²) in [6.07, 6.45) is 0.382. The molecule has 0 saturated carbocycles. The number of benzene rings is 2. The minimum atomic E-state index is -0.574. The third-order valence-electron chi connectivity index (χ3n) is 3.86. The number of aryl methyl sites for hydroxylation is 2. The highest BCUT2D eigenvalue weighted by atomic mass is 16.6. The summed E-state index contributed by atoms with van der Waals surface area (Å²) in [7, 11) is 0. The highest BCUT2D eigenvalue weighted by molar-refractivity contribution is 5.70. The van der Waals surface area contributed by atoms with Gasteiger partial charge in [0.15, 0.2) is 6.10 Å². The van der Waals surface area contributed by atoms with Crippen LogP contribution in [0.4, 0.5) is 0 Å². The van der Waals surface area contributed by atoms with Gasteiger partial charge in [-0.2, -0.15) is 0 Å². The third kappa shape index (κ3) is 4.53. The van der Waals surface area contributed by atoms with Crippen LogP contribution in [0.1, 0.15) is 36.5 Å². The van der Waals surface area contributed by atoms with E-state index in [0.717, 1.165) is 16.7 Å². The molecule has 0 N–H and O–H groups in total. The van der Waals surface area contributed by atoms with Crippen molar-refractivity contribution in [3.05, 3.63) is 71.6 Å². The van der Waals surface area contributed by atoms with E-state index in [0.29, 0.717) is 24.6 Å². The highest BCUT2D eigenvalue weighted by Crippen LogP contribution is 2.23. The van der Waals surface area contributed by atoms with Crippen molar-refractivity contribution in [3.8, 4) is 11.5 Å². The van der Waals surface area contributed by atoms with Crippen LogP contribution in [-0.2, 0) is 16.0 Å². The van der Waals surface area contributed by atoms with Gasteiger partial charge in [-0.25, -0.2) is 0 Å². The summed E-state index contributed by atoms with van der Waals surface area (Å²) >= 11 is 0. The van der Waals surface area contributed by atoms with Crippen LogP contribution in [0.2, 0.25) is 0 Å². The van der Waals surface area contributed by atoms with E-state index in [1.54, 1.807) is 6.92 Å². The Bertz CT molecular complexity index is 826. The fourth-order valence-corrected chi connectivity index (χ4v) is 2.41. The Labute approximate surface area is 146 Å². The molecule has 0 spiro atoms. The van der Waals surface area contributed by atoms with E-state index in [-0.39, 0.29) is 5.97 Å². The van der Waals surface area contributed by atoms with Crippen molar-refractivity contribution in [1.29, 1.82) is 0 Å². The first-order valence-corrected chi connectivity index (χ1v) is 8.25. The SMILES string of the molecule is Cc1ccc(-c2nnc([C@H](C)OC(=O)CCc3ccccc3)o2)cc1. The lowest BCUT2D eigenvalue weighted by molar-refractivity contribution is -0.149. The van der Waals surface area contributed by atoms with Gasteiger partial charge in [0.05, 0.1) is 0 Å². The van der Waals surface area contributed by atoms with Gasteiger partial charge in [0.2, 0.25) is 5.89 Å². The van der Waals surface area contributed by atoms with E-state index >= 15 is 0 Å². The first kappa shape index (κ1) is 16.9. The Hall–Kier alpha value is -2.95. The molecule has 3 rings (SSSR count). The summed E-state index contributed by atoms with van der Waals surface area (Å²) in [4.78, 5) is 12.0. The Morgan fingerprint density at radius 3 is 2.52 bits per heavy atom. The Kier molecular flexibility index (Phi) is 5.23. The number of nitrogens with zero attached hydrogens (tertiary/aromatic N) is 2. The van der Waals surface area contributed by atoms with Gasteiger partial charge in [0.25, 0.3) is 5.89 Å². The molecule has 3 aromatic rings. The normalized spacial score (nSPS) is 11.9. The zero-order valence-electron chi connectivity index (χ0n) is 14.3. The van der Waals surface area contributed by atoms with Crippen molar-refractivity contribution in [3.63, 3.8) is 0 Å². The maximum absolute atomic E-state index is 12.0. The summed E-state index contributed by atoms with van der Waals surface area (Å²) in [5.74, 6) is 0.428. The predicted octanol–water partition coefficient (Wildman–Crippen LogP) is 4.28. The molecule has 0 aliphatic rings. The van der Waals surface area contributed by atoms with Gasteiger partial charge in [-0.15, -0.1) is 10.2 Å². The van der Waals surface area contributed by atoms with Crippen LogP contribution in [0.3, 0.4) is 0 Å². The van der Waals surface area contributed by atoms with Gasteiger partial charge in [-0.05, 0) is 38.0 Å². The monoisotopic (exact) mass is 336 g/mol. The molecule has 0 saturated heterocycles. The number of ether oxygens (including phenoxy) is 1. The summed E-state index contributed by atoms with van der Waals surface area (Å²) < 4.78 is 11.0. The Morgan fingerprint density at radius 1 is 1.08 bits per heavy atom. The molecule has 25 heavy (non-hydrogen) atoms. The van der Waals surface area contributed by atoms with Gasteiger partial charge in [-0.1, -0.05) is 48.0 Å². The number of rotatable bonds is 6. The zero-order valence-corrected chi connectivity index (χ0v) is 14.3. The Morgan fingerprint density at radius 2 is 1.80 bits per heavy atom. The maximum atomic E-state index is 12.0. The van der Waals surface area contributed by atoms with Crippen LogP contribution in [0.5, 0.6) is 0 Å². The van der Waals surface area contributed by atoms with Crippen molar-refractivity contribution in [2.75, 3.05) is 0 Å².